The second-order valence-electron chi connectivity index (χ2n) is 18.7. The summed E-state index contributed by atoms with van der Waals surface area (Å²) in [6.07, 6.45) is 5.45. The zero-order valence-electron chi connectivity index (χ0n) is 38.8. The Morgan fingerprint density at radius 2 is 1.04 bits per heavy atom. The van der Waals surface area contributed by atoms with Crippen molar-refractivity contribution in [2.45, 2.75) is 19.3 Å². The molecule has 0 saturated carbocycles. The van der Waals surface area contributed by atoms with E-state index >= 15 is 0 Å². The van der Waals surface area contributed by atoms with E-state index in [1.165, 1.54) is 10.9 Å². The number of allylic oxidation sites excluding steroid dienone is 1. The van der Waals surface area contributed by atoms with Gasteiger partial charge in [0.2, 0.25) is 0 Å². The first-order valence-corrected chi connectivity index (χ1v) is 24.3. The van der Waals surface area contributed by atoms with Crippen LogP contribution in [-0.2, 0) is 0 Å². The minimum absolute atomic E-state index is 0.346. The van der Waals surface area contributed by atoms with Crippen LogP contribution in [0.3, 0.4) is 0 Å². The molecule has 334 valence electrons. The Labute approximate surface area is 410 Å². The van der Waals surface area contributed by atoms with Gasteiger partial charge in [-0.3, -0.25) is 0 Å². The number of nitrogens with zero attached hydrogens (tertiary/aromatic N) is 3. The predicted octanol–water partition coefficient (Wildman–Crippen LogP) is 18.0. The van der Waals surface area contributed by atoms with Crippen LogP contribution >= 0.6 is 0 Å². The highest BCUT2D eigenvalue weighted by Crippen LogP contribution is 2.47. The molecule has 0 spiro atoms. The van der Waals surface area contributed by atoms with Crippen molar-refractivity contribution in [2.24, 2.45) is 0 Å². The highest BCUT2D eigenvalue weighted by Gasteiger charge is 2.24. The van der Waals surface area contributed by atoms with E-state index in [9.17, 15) is 0 Å². The van der Waals surface area contributed by atoms with Gasteiger partial charge in [-0.05, 0) is 59.0 Å². The van der Waals surface area contributed by atoms with Gasteiger partial charge in [0.05, 0.1) is 22.6 Å². The lowest BCUT2D eigenvalue weighted by Gasteiger charge is -2.16. The van der Waals surface area contributed by atoms with Crippen molar-refractivity contribution in [1.82, 2.24) is 15.0 Å². The Kier molecular flexibility index (Phi) is 9.49. The molecule has 0 aliphatic heterocycles. The number of benzene rings is 9. The van der Waals surface area contributed by atoms with Gasteiger partial charge < -0.3 is 8.83 Å². The standard InChI is InChI=1S/C66H43N3O2/c1-40-15-12-25-50-51-26-14-24-49(65(51)71-64(40)50)47-20-13-21-48(37-47)57-39-56(68-66(69-57)46-18-6-3-7-19-46)43-33-29-41(30-34-43)42-31-35-45(36-32-42)63-54-38-59-62(53-23-9-11-28-58(53)70-59)60(44-16-4-2-5-17-44)61(54)52-22-8-10-27-55(52)67-63/h2-14,16-40H,15H2,1H3. The van der Waals surface area contributed by atoms with E-state index in [0.29, 0.717) is 11.7 Å². The molecular formula is C66H43N3O2. The van der Waals surface area contributed by atoms with E-state index in [0.717, 1.165) is 134 Å². The van der Waals surface area contributed by atoms with Crippen LogP contribution in [0.5, 0.6) is 0 Å². The number of furan rings is 2. The second kappa shape index (κ2) is 16.5. The first-order chi connectivity index (χ1) is 35.1. The molecular weight excluding hydrogens is 867 g/mol. The van der Waals surface area contributed by atoms with Gasteiger partial charge in [-0.1, -0.05) is 201 Å². The van der Waals surface area contributed by atoms with Gasteiger partial charge in [0.1, 0.15) is 22.5 Å². The van der Waals surface area contributed by atoms with Gasteiger partial charge in [0.15, 0.2) is 5.82 Å². The molecule has 1 unspecified atom stereocenters. The Bertz CT molecular complexity index is 4240. The molecule has 5 heteroatoms. The van der Waals surface area contributed by atoms with Crippen LogP contribution < -0.4 is 0 Å². The SMILES string of the molecule is CC1CC=Cc2c1oc1c(-c3cccc(-c4cc(-c5ccc(-c6ccc(-c7nc8ccccc8c8c(-c9ccccc9)c9c(cc78)oc7ccccc79)cc6)cc5)nc(-c5ccccc5)n4)c3)cccc21. The number of hydrogen-bond donors (Lipinski definition) is 0. The van der Waals surface area contributed by atoms with Crippen molar-refractivity contribution in [2.75, 3.05) is 0 Å². The number of fused-ring (bicyclic) bond motifs is 9. The predicted molar refractivity (Wildman–Crippen MR) is 292 cm³/mol. The van der Waals surface area contributed by atoms with Crippen molar-refractivity contribution >= 4 is 60.7 Å². The summed E-state index contributed by atoms with van der Waals surface area (Å²) in [4.78, 5) is 15.7. The van der Waals surface area contributed by atoms with Crippen LogP contribution in [0.25, 0.3) is 139 Å². The quantitative estimate of drug-likeness (QED) is 0.149. The summed E-state index contributed by atoms with van der Waals surface area (Å²) >= 11 is 0. The molecule has 1 aliphatic carbocycles. The summed E-state index contributed by atoms with van der Waals surface area (Å²) in [7, 11) is 0. The summed E-state index contributed by atoms with van der Waals surface area (Å²) in [5.41, 5.74) is 18.1. The van der Waals surface area contributed by atoms with Crippen molar-refractivity contribution in [3.8, 4) is 78.5 Å². The molecule has 1 aliphatic rings. The van der Waals surface area contributed by atoms with Crippen LogP contribution in [0.4, 0.5) is 0 Å². The normalized spacial score (nSPS) is 13.5. The highest BCUT2D eigenvalue weighted by molar-refractivity contribution is 6.27. The number of rotatable bonds is 7. The average molecular weight is 910 g/mol. The molecule has 0 saturated heterocycles. The molecule has 14 rings (SSSR count). The minimum Gasteiger partial charge on any atom is -0.459 e. The van der Waals surface area contributed by atoms with Crippen molar-refractivity contribution in [1.29, 1.82) is 0 Å². The fourth-order valence-corrected chi connectivity index (χ4v) is 10.8. The van der Waals surface area contributed by atoms with E-state index in [1.54, 1.807) is 0 Å². The maximum Gasteiger partial charge on any atom is 0.160 e. The second-order valence-corrected chi connectivity index (χ2v) is 18.7. The van der Waals surface area contributed by atoms with Crippen LogP contribution in [-0.4, -0.2) is 15.0 Å². The topological polar surface area (TPSA) is 65.0 Å². The van der Waals surface area contributed by atoms with E-state index in [4.69, 9.17) is 23.8 Å². The molecule has 0 radical (unpaired) electrons. The molecule has 4 aromatic heterocycles. The fraction of sp³-hybridized carbons (Fsp3) is 0.0455. The van der Waals surface area contributed by atoms with Gasteiger partial charge >= 0.3 is 0 Å². The van der Waals surface area contributed by atoms with Gasteiger partial charge in [0.25, 0.3) is 0 Å². The lowest BCUT2D eigenvalue weighted by Crippen LogP contribution is -1.96. The molecule has 0 amide bonds. The molecule has 1 atom stereocenters. The Morgan fingerprint density at radius 3 is 1.83 bits per heavy atom. The summed E-state index contributed by atoms with van der Waals surface area (Å²) in [5.74, 6) is 2.09. The number of pyridine rings is 1. The summed E-state index contributed by atoms with van der Waals surface area (Å²) in [6.45, 7) is 2.24. The van der Waals surface area contributed by atoms with Crippen LogP contribution in [0.15, 0.2) is 227 Å². The highest BCUT2D eigenvalue weighted by atomic mass is 16.3. The van der Waals surface area contributed by atoms with E-state index in [-0.39, 0.29) is 0 Å². The van der Waals surface area contributed by atoms with Crippen LogP contribution in [0.1, 0.15) is 30.6 Å². The zero-order chi connectivity index (χ0) is 47.0. The lowest BCUT2D eigenvalue weighted by atomic mass is 9.89. The first kappa shape index (κ1) is 40.8. The molecule has 9 aromatic carbocycles. The first-order valence-electron chi connectivity index (χ1n) is 24.3. The van der Waals surface area contributed by atoms with E-state index in [2.05, 4.69) is 207 Å². The van der Waals surface area contributed by atoms with Crippen molar-refractivity contribution in [3.05, 3.63) is 230 Å². The summed E-state index contributed by atoms with van der Waals surface area (Å²) < 4.78 is 13.3. The Balaban J connectivity index is 0.836. The monoisotopic (exact) mass is 909 g/mol. The van der Waals surface area contributed by atoms with Gasteiger partial charge in [-0.15, -0.1) is 0 Å². The molecule has 5 nitrogen and oxygen atoms in total. The minimum atomic E-state index is 0.346. The molecule has 0 fully saturated rings. The lowest BCUT2D eigenvalue weighted by molar-refractivity contribution is 0.504. The number of hydrogen-bond acceptors (Lipinski definition) is 5. The third-order valence-electron chi connectivity index (χ3n) is 14.3. The van der Waals surface area contributed by atoms with Gasteiger partial charge in [0, 0.05) is 77.2 Å². The van der Waals surface area contributed by atoms with Crippen molar-refractivity contribution < 1.29 is 8.83 Å². The molecule has 4 heterocycles. The number of para-hydroxylation sites is 3. The maximum absolute atomic E-state index is 6.64. The van der Waals surface area contributed by atoms with Crippen LogP contribution in [0.2, 0.25) is 0 Å². The van der Waals surface area contributed by atoms with Crippen molar-refractivity contribution in [3.63, 3.8) is 0 Å². The Hall–Kier alpha value is -9.19. The molecule has 71 heavy (non-hydrogen) atoms. The fourth-order valence-electron chi connectivity index (χ4n) is 10.8. The third kappa shape index (κ3) is 6.88. The van der Waals surface area contributed by atoms with E-state index in [1.807, 2.05) is 24.3 Å². The average Bonchev–Trinajstić information content (AvgIpc) is 4.02. The summed E-state index contributed by atoms with van der Waals surface area (Å²) in [5, 5.41) is 6.71. The third-order valence-corrected chi connectivity index (χ3v) is 14.3. The zero-order valence-corrected chi connectivity index (χ0v) is 38.8. The molecule has 13 aromatic rings. The smallest absolute Gasteiger partial charge is 0.160 e. The molecule has 0 bridgehead atoms. The summed E-state index contributed by atoms with van der Waals surface area (Å²) in [6, 6.07) is 74.6. The maximum atomic E-state index is 6.64. The Morgan fingerprint density at radius 1 is 0.423 bits per heavy atom. The van der Waals surface area contributed by atoms with Crippen LogP contribution in [0, 0.1) is 0 Å². The number of aromatic nitrogens is 3. The van der Waals surface area contributed by atoms with E-state index < -0.39 is 0 Å². The molecule has 0 N–H and O–H groups in total. The van der Waals surface area contributed by atoms with Gasteiger partial charge in [-0.2, -0.15) is 0 Å². The largest absolute Gasteiger partial charge is 0.459 e. The van der Waals surface area contributed by atoms with Gasteiger partial charge in [-0.25, -0.2) is 15.0 Å².